The van der Waals surface area contributed by atoms with Gasteiger partial charge < -0.3 is 5.32 Å². The average molecular weight is 227 g/mol. The zero-order valence-electron chi connectivity index (χ0n) is 10.1. The van der Waals surface area contributed by atoms with Crippen molar-refractivity contribution >= 4 is 11.3 Å². The van der Waals surface area contributed by atoms with Crippen molar-refractivity contribution in [3.8, 4) is 0 Å². The van der Waals surface area contributed by atoms with Gasteiger partial charge >= 0.3 is 0 Å². The van der Waals surface area contributed by atoms with Gasteiger partial charge in [0, 0.05) is 24.9 Å². The Bertz CT molecular complexity index is 283. The van der Waals surface area contributed by atoms with E-state index in [0.29, 0.717) is 12.0 Å². The minimum atomic E-state index is 0.548. The molecular weight excluding hydrogens is 206 g/mol. The first kappa shape index (κ1) is 12.6. The van der Waals surface area contributed by atoms with Gasteiger partial charge in [-0.2, -0.15) is 0 Å². The Labute approximate surface area is 96.3 Å². The van der Waals surface area contributed by atoms with Crippen LogP contribution in [0.1, 0.15) is 50.0 Å². The molecule has 0 aromatic carbocycles. The average Bonchev–Trinajstić information content (AvgIpc) is 2.65. The van der Waals surface area contributed by atoms with Crippen molar-refractivity contribution < 1.29 is 0 Å². The fourth-order valence-electron chi connectivity index (χ4n) is 1.21. The normalized spacial score (nSPS) is 13.4. The summed E-state index contributed by atoms with van der Waals surface area (Å²) >= 11 is 1.76. The molecule has 15 heavy (non-hydrogen) atoms. The molecule has 0 aliphatic heterocycles. The highest BCUT2D eigenvalue weighted by molar-refractivity contribution is 7.11. The molecule has 0 saturated heterocycles. The van der Waals surface area contributed by atoms with E-state index in [-0.39, 0.29) is 0 Å². The molecule has 0 aliphatic carbocycles. The molecule has 0 spiro atoms. The zero-order valence-corrected chi connectivity index (χ0v) is 10.9. The van der Waals surface area contributed by atoms with Gasteiger partial charge in [-0.25, -0.2) is 0 Å². The lowest BCUT2D eigenvalue weighted by Gasteiger charge is -2.05. The Balaban J connectivity index is 2.39. The van der Waals surface area contributed by atoms with Crippen LogP contribution < -0.4 is 5.32 Å². The van der Waals surface area contributed by atoms with E-state index in [2.05, 4.69) is 43.2 Å². The summed E-state index contributed by atoms with van der Waals surface area (Å²) in [5.74, 6) is 0.550. The van der Waals surface area contributed by atoms with Crippen LogP contribution in [0.3, 0.4) is 0 Å². The Kier molecular flexibility index (Phi) is 5.19. The van der Waals surface area contributed by atoms with E-state index in [1.807, 2.05) is 0 Å². The topological polar surface area (TPSA) is 37.8 Å². The molecule has 1 aromatic rings. The van der Waals surface area contributed by atoms with Gasteiger partial charge in [0.05, 0.1) is 0 Å². The molecule has 0 fully saturated rings. The van der Waals surface area contributed by atoms with Crippen molar-refractivity contribution in [3.05, 3.63) is 10.0 Å². The molecule has 0 aliphatic rings. The number of rotatable bonds is 6. The summed E-state index contributed by atoms with van der Waals surface area (Å²) in [7, 11) is 0. The summed E-state index contributed by atoms with van der Waals surface area (Å²) in [4.78, 5) is 0. The van der Waals surface area contributed by atoms with Crippen LogP contribution >= 0.6 is 11.3 Å². The highest BCUT2D eigenvalue weighted by Crippen LogP contribution is 2.22. The summed E-state index contributed by atoms with van der Waals surface area (Å²) in [6.07, 6.45) is 2.13. The van der Waals surface area contributed by atoms with Crippen LogP contribution in [-0.4, -0.2) is 22.8 Å². The van der Waals surface area contributed by atoms with Crippen LogP contribution in [0.2, 0.25) is 0 Å². The van der Waals surface area contributed by atoms with Crippen molar-refractivity contribution in [1.29, 1.82) is 0 Å². The van der Waals surface area contributed by atoms with Crippen LogP contribution in [0, 0.1) is 0 Å². The van der Waals surface area contributed by atoms with Crippen LogP contribution in [0.25, 0.3) is 0 Å². The van der Waals surface area contributed by atoms with E-state index in [9.17, 15) is 0 Å². The monoisotopic (exact) mass is 227 g/mol. The van der Waals surface area contributed by atoms with Gasteiger partial charge in [-0.3, -0.25) is 0 Å². The summed E-state index contributed by atoms with van der Waals surface area (Å²) in [5.41, 5.74) is 0. The SMILES string of the molecule is CCC(C)c1nnc(CCNC(C)C)s1. The first-order valence-corrected chi connectivity index (χ1v) is 6.50. The van der Waals surface area contributed by atoms with E-state index in [1.54, 1.807) is 11.3 Å². The Morgan fingerprint density at radius 3 is 2.60 bits per heavy atom. The van der Waals surface area contributed by atoms with Crippen molar-refractivity contribution in [3.63, 3.8) is 0 Å². The number of nitrogens with one attached hydrogen (secondary N) is 1. The molecule has 0 bridgehead atoms. The van der Waals surface area contributed by atoms with Gasteiger partial charge in [0.25, 0.3) is 0 Å². The molecule has 1 unspecified atom stereocenters. The van der Waals surface area contributed by atoms with Gasteiger partial charge in [-0.1, -0.05) is 27.7 Å². The zero-order chi connectivity index (χ0) is 11.3. The van der Waals surface area contributed by atoms with Gasteiger partial charge in [0.1, 0.15) is 10.0 Å². The fraction of sp³-hybridized carbons (Fsp3) is 0.818. The van der Waals surface area contributed by atoms with E-state index in [4.69, 9.17) is 0 Å². The van der Waals surface area contributed by atoms with E-state index in [0.717, 1.165) is 24.4 Å². The maximum atomic E-state index is 4.23. The quantitative estimate of drug-likeness (QED) is 0.811. The number of nitrogens with zero attached hydrogens (tertiary/aromatic N) is 2. The molecule has 1 atom stereocenters. The Morgan fingerprint density at radius 2 is 2.00 bits per heavy atom. The highest BCUT2D eigenvalue weighted by atomic mass is 32.1. The molecule has 0 amide bonds. The molecule has 0 radical (unpaired) electrons. The number of hydrogen-bond acceptors (Lipinski definition) is 4. The molecular formula is C11H21N3S. The summed E-state index contributed by atoms with van der Waals surface area (Å²) < 4.78 is 0. The lowest BCUT2D eigenvalue weighted by Crippen LogP contribution is -2.24. The lowest BCUT2D eigenvalue weighted by atomic mass is 10.1. The van der Waals surface area contributed by atoms with E-state index in [1.165, 1.54) is 5.01 Å². The van der Waals surface area contributed by atoms with Crippen molar-refractivity contribution in [2.75, 3.05) is 6.54 Å². The molecule has 3 nitrogen and oxygen atoms in total. The molecule has 0 saturated carbocycles. The molecule has 86 valence electrons. The van der Waals surface area contributed by atoms with Gasteiger partial charge in [0.15, 0.2) is 0 Å². The third-order valence-corrected chi connectivity index (χ3v) is 3.62. The maximum absolute atomic E-state index is 4.23. The largest absolute Gasteiger partial charge is 0.314 e. The predicted octanol–water partition coefficient (Wildman–Crippen LogP) is 2.59. The smallest absolute Gasteiger partial charge is 0.120 e. The number of aromatic nitrogens is 2. The fourth-order valence-corrected chi connectivity index (χ4v) is 2.19. The second kappa shape index (κ2) is 6.18. The molecule has 4 heteroatoms. The highest BCUT2D eigenvalue weighted by Gasteiger charge is 2.09. The minimum Gasteiger partial charge on any atom is -0.314 e. The lowest BCUT2D eigenvalue weighted by molar-refractivity contribution is 0.588. The standard InChI is InChI=1S/C11H21N3S/c1-5-9(4)11-14-13-10(15-11)6-7-12-8(2)3/h8-9,12H,5-7H2,1-4H3. The Hall–Kier alpha value is -0.480. The summed E-state index contributed by atoms with van der Waals surface area (Å²) in [6.45, 7) is 9.70. The van der Waals surface area contributed by atoms with Gasteiger partial charge in [-0.15, -0.1) is 21.5 Å². The molecule has 1 heterocycles. The predicted molar refractivity (Wildman–Crippen MR) is 65.5 cm³/mol. The number of hydrogen-bond donors (Lipinski definition) is 1. The minimum absolute atomic E-state index is 0.548. The molecule has 1 rings (SSSR count). The van der Waals surface area contributed by atoms with Crippen LogP contribution in [-0.2, 0) is 6.42 Å². The summed E-state index contributed by atoms with van der Waals surface area (Å²) in [5, 5.41) is 14.2. The second-order valence-corrected chi connectivity index (χ2v) is 5.30. The van der Waals surface area contributed by atoms with Gasteiger partial charge in [0.2, 0.25) is 0 Å². The first-order chi connectivity index (χ1) is 7.13. The van der Waals surface area contributed by atoms with E-state index < -0.39 is 0 Å². The summed E-state index contributed by atoms with van der Waals surface area (Å²) in [6, 6.07) is 0.548. The van der Waals surface area contributed by atoms with Crippen LogP contribution in [0.5, 0.6) is 0 Å². The van der Waals surface area contributed by atoms with Crippen LogP contribution in [0.15, 0.2) is 0 Å². The maximum Gasteiger partial charge on any atom is 0.120 e. The molecule has 1 aromatic heterocycles. The van der Waals surface area contributed by atoms with Crippen LogP contribution in [0.4, 0.5) is 0 Å². The van der Waals surface area contributed by atoms with E-state index >= 15 is 0 Å². The Morgan fingerprint density at radius 1 is 1.27 bits per heavy atom. The van der Waals surface area contributed by atoms with Crippen molar-refractivity contribution in [1.82, 2.24) is 15.5 Å². The first-order valence-electron chi connectivity index (χ1n) is 5.69. The van der Waals surface area contributed by atoms with Crippen molar-refractivity contribution in [2.45, 2.75) is 52.5 Å². The second-order valence-electron chi connectivity index (χ2n) is 4.20. The molecule has 1 N–H and O–H groups in total. The third-order valence-electron chi connectivity index (χ3n) is 2.41. The van der Waals surface area contributed by atoms with Crippen molar-refractivity contribution in [2.24, 2.45) is 0 Å². The van der Waals surface area contributed by atoms with Gasteiger partial charge in [-0.05, 0) is 6.42 Å². The third kappa shape index (κ3) is 4.26.